The number of amides is 1. The van der Waals surface area contributed by atoms with Crippen LogP contribution in [-0.2, 0) is 6.42 Å². The van der Waals surface area contributed by atoms with Gasteiger partial charge in [-0.3, -0.25) is 14.5 Å². The zero-order valence-electron chi connectivity index (χ0n) is 15.2. The molecule has 2 aromatic carbocycles. The van der Waals surface area contributed by atoms with Crippen molar-refractivity contribution in [2.45, 2.75) is 12.8 Å². The van der Waals surface area contributed by atoms with Gasteiger partial charge in [-0.05, 0) is 65.1 Å². The molecule has 0 unspecified atom stereocenters. The van der Waals surface area contributed by atoms with Crippen molar-refractivity contribution in [1.29, 1.82) is 0 Å². The van der Waals surface area contributed by atoms with Gasteiger partial charge in [0, 0.05) is 41.9 Å². The number of primary amides is 1. The number of nitrogens with zero attached hydrogens (tertiary/aromatic N) is 2. The molecule has 142 valence electrons. The predicted octanol–water partition coefficient (Wildman–Crippen LogP) is 3.12. The number of aldehydes is 1. The van der Waals surface area contributed by atoms with Crippen molar-refractivity contribution in [3.63, 3.8) is 0 Å². The Morgan fingerprint density at radius 3 is 2.41 bits per heavy atom. The van der Waals surface area contributed by atoms with Crippen molar-refractivity contribution < 1.29 is 9.59 Å². The maximum atomic E-state index is 11.4. The number of anilines is 1. The summed E-state index contributed by atoms with van der Waals surface area (Å²) in [6, 6.07) is 13.4. The van der Waals surface area contributed by atoms with E-state index in [0.29, 0.717) is 5.56 Å². The fourth-order valence-electron chi connectivity index (χ4n) is 3.47. The number of aryl methyl sites for hydroxylation is 1. The molecule has 1 saturated heterocycles. The van der Waals surface area contributed by atoms with Crippen molar-refractivity contribution >= 4 is 33.8 Å². The number of nitrogens with two attached hydrogens (primary N) is 1. The van der Waals surface area contributed by atoms with Gasteiger partial charge >= 0.3 is 0 Å². The molecule has 1 aliphatic heterocycles. The number of hydrogen-bond acceptors (Lipinski definition) is 4. The van der Waals surface area contributed by atoms with Gasteiger partial charge in [0.05, 0.1) is 5.56 Å². The molecule has 1 aliphatic rings. The summed E-state index contributed by atoms with van der Waals surface area (Å²) in [5.41, 5.74) is 8.78. The van der Waals surface area contributed by atoms with E-state index in [2.05, 4.69) is 25.7 Å². The minimum Gasteiger partial charge on any atom is -0.368 e. The molecule has 0 spiro atoms. The molecule has 2 N–H and O–H groups in total. The van der Waals surface area contributed by atoms with Crippen LogP contribution in [0, 0.1) is 0 Å². The molecule has 1 fully saturated rings. The van der Waals surface area contributed by atoms with Crippen LogP contribution in [0.3, 0.4) is 0 Å². The lowest BCUT2D eigenvalue weighted by molar-refractivity contribution is 0.1000. The molecule has 27 heavy (non-hydrogen) atoms. The molecule has 0 bridgehead atoms. The first kappa shape index (κ1) is 19.6. The van der Waals surface area contributed by atoms with Crippen LogP contribution in [-0.4, -0.2) is 49.8 Å². The first-order valence-electron chi connectivity index (χ1n) is 9.18. The standard InChI is InChI=1S/C21H24BrN3O2/c22-19-4-1-5-20(18(19)15-26)25-13-11-24(12-14-25)10-2-3-16-6-8-17(9-7-16)21(23)27/h1,4-9,15H,2-3,10-14H2,(H2,23,27). The van der Waals surface area contributed by atoms with Gasteiger partial charge in [-0.2, -0.15) is 0 Å². The van der Waals surface area contributed by atoms with Crippen molar-refractivity contribution in [3.05, 3.63) is 63.6 Å². The van der Waals surface area contributed by atoms with Crippen molar-refractivity contribution in [3.8, 4) is 0 Å². The Bertz CT molecular complexity index is 800. The van der Waals surface area contributed by atoms with Crippen molar-refractivity contribution in [1.82, 2.24) is 4.90 Å². The Balaban J connectivity index is 1.47. The second-order valence-electron chi connectivity index (χ2n) is 6.78. The molecule has 6 heteroatoms. The van der Waals surface area contributed by atoms with Crippen LogP contribution in [0.1, 0.15) is 32.7 Å². The summed E-state index contributed by atoms with van der Waals surface area (Å²) in [7, 11) is 0. The smallest absolute Gasteiger partial charge is 0.248 e. The topological polar surface area (TPSA) is 66.6 Å². The Morgan fingerprint density at radius 1 is 1.07 bits per heavy atom. The average Bonchev–Trinajstić information content (AvgIpc) is 2.69. The first-order chi connectivity index (χ1) is 13.1. The molecule has 0 aromatic heterocycles. The number of halogens is 1. The zero-order valence-corrected chi connectivity index (χ0v) is 16.8. The third-order valence-electron chi connectivity index (χ3n) is 5.04. The molecule has 0 aliphatic carbocycles. The SMILES string of the molecule is NC(=O)c1ccc(CCCN2CCN(c3cccc(Br)c3C=O)CC2)cc1. The first-order valence-corrected chi connectivity index (χ1v) is 9.97. The van der Waals surface area contributed by atoms with Gasteiger partial charge in [0.25, 0.3) is 0 Å². The van der Waals surface area contributed by atoms with Gasteiger partial charge in [0.15, 0.2) is 6.29 Å². The van der Waals surface area contributed by atoms with Gasteiger partial charge in [0.2, 0.25) is 5.91 Å². The molecule has 0 radical (unpaired) electrons. The minimum atomic E-state index is -0.386. The van der Waals surface area contributed by atoms with Gasteiger partial charge < -0.3 is 10.6 Å². The highest BCUT2D eigenvalue weighted by Crippen LogP contribution is 2.27. The van der Waals surface area contributed by atoms with Crippen LogP contribution >= 0.6 is 15.9 Å². The number of piperazine rings is 1. The van der Waals surface area contributed by atoms with E-state index in [-0.39, 0.29) is 5.91 Å². The molecule has 1 amide bonds. The van der Waals surface area contributed by atoms with Crippen LogP contribution in [0.15, 0.2) is 46.9 Å². The van der Waals surface area contributed by atoms with Crippen LogP contribution in [0.4, 0.5) is 5.69 Å². The zero-order chi connectivity index (χ0) is 19.2. The molecule has 0 saturated carbocycles. The maximum Gasteiger partial charge on any atom is 0.248 e. The summed E-state index contributed by atoms with van der Waals surface area (Å²) >= 11 is 3.46. The monoisotopic (exact) mass is 429 g/mol. The van der Waals surface area contributed by atoms with Gasteiger partial charge in [-0.1, -0.05) is 18.2 Å². The number of benzene rings is 2. The van der Waals surface area contributed by atoms with E-state index in [1.54, 1.807) is 12.1 Å². The molecule has 5 nitrogen and oxygen atoms in total. The molecule has 3 rings (SSSR count). The highest BCUT2D eigenvalue weighted by atomic mass is 79.9. The molecule has 1 heterocycles. The summed E-state index contributed by atoms with van der Waals surface area (Å²) in [6.45, 7) is 4.87. The van der Waals surface area contributed by atoms with E-state index in [1.807, 2.05) is 30.3 Å². The lowest BCUT2D eigenvalue weighted by atomic mass is 10.1. The van der Waals surface area contributed by atoms with Gasteiger partial charge in [0.1, 0.15) is 0 Å². The van der Waals surface area contributed by atoms with E-state index in [9.17, 15) is 9.59 Å². The van der Waals surface area contributed by atoms with Crippen LogP contribution in [0.2, 0.25) is 0 Å². The third-order valence-corrected chi connectivity index (χ3v) is 5.73. The fraction of sp³-hybridized carbons (Fsp3) is 0.333. The number of rotatable bonds is 7. The summed E-state index contributed by atoms with van der Waals surface area (Å²) in [5.74, 6) is -0.386. The summed E-state index contributed by atoms with van der Waals surface area (Å²) in [6.07, 6.45) is 2.99. The molecular weight excluding hydrogens is 406 g/mol. The van der Waals surface area contributed by atoms with Crippen molar-refractivity contribution in [2.24, 2.45) is 5.73 Å². The van der Waals surface area contributed by atoms with E-state index < -0.39 is 0 Å². The quantitative estimate of drug-likeness (QED) is 0.686. The summed E-state index contributed by atoms with van der Waals surface area (Å²) < 4.78 is 0.847. The third kappa shape index (κ3) is 4.96. The van der Waals surface area contributed by atoms with Crippen molar-refractivity contribution in [2.75, 3.05) is 37.6 Å². The molecule has 2 aromatic rings. The predicted molar refractivity (Wildman–Crippen MR) is 111 cm³/mol. The van der Waals surface area contributed by atoms with E-state index in [0.717, 1.165) is 67.6 Å². The van der Waals surface area contributed by atoms with Crippen LogP contribution < -0.4 is 10.6 Å². The largest absolute Gasteiger partial charge is 0.368 e. The highest BCUT2D eigenvalue weighted by molar-refractivity contribution is 9.10. The normalized spacial score (nSPS) is 14.9. The Hall–Kier alpha value is -2.18. The van der Waals surface area contributed by atoms with Crippen LogP contribution in [0.25, 0.3) is 0 Å². The Labute approximate surface area is 168 Å². The van der Waals surface area contributed by atoms with Gasteiger partial charge in [-0.15, -0.1) is 0 Å². The van der Waals surface area contributed by atoms with Gasteiger partial charge in [-0.25, -0.2) is 0 Å². The second kappa shape index (κ2) is 9.15. The minimum absolute atomic E-state index is 0.386. The number of carbonyl (C=O) groups is 2. The van der Waals surface area contributed by atoms with E-state index in [1.165, 1.54) is 5.56 Å². The maximum absolute atomic E-state index is 11.4. The Kier molecular flexibility index (Phi) is 6.63. The molecule has 0 atom stereocenters. The average molecular weight is 430 g/mol. The fourth-order valence-corrected chi connectivity index (χ4v) is 3.92. The van der Waals surface area contributed by atoms with E-state index >= 15 is 0 Å². The number of carbonyl (C=O) groups excluding carboxylic acids is 2. The highest BCUT2D eigenvalue weighted by Gasteiger charge is 2.19. The lowest BCUT2D eigenvalue weighted by Crippen LogP contribution is -2.47. The Morgan fingerprint density at radius 2 is 1.78 bits per heavy atom. The lowest BCUT2D eigenvalue weighted by Gasteiger charge is -2.36. The molecular formula is C21H24BrN3O2. The number of hydrogen-bond donors (Lipinski definition) is 1. The summed E-state index contributed by atoms with van der Waals surface area (Å²) in [5, 5.41) is 0. The second-order valence-corrected chi connectivity index (χ2v) is 7.64. The van der Waals surface area contributed by atoms with E-state index in [4.69, 9.17) is 5.73 Å². The summed E-state index contributed by atoms with van der Waals surface area (Å²) in [4.78, 5) is 27.3. The van der Waals surface area contributed by atoms with Crippen LogP contribution in [0.5, 0.6) is 0 Å².